The second-order valence-electron chi connectivity index (χ2n) is 1.98. The van der Waals surface area contributed by atoms with Gasteiger partial charge in [0.2, 0.25) is 5.43 Å². The van der Waals surface area contributed by atoms with Crippen molar-refractivity contribution in [3.8, 4) is 5.75 Å². The number of rotatable bonds is 0. The van der Waals surface area contributed by atoms with Crippen molar-refractivity contribution in [3.63, 3.8) is 0 Å². The van der Waals surface area contributed by atoms with E-state index < -0.39 is 11.2 Å². The van der Waals surface area contributed by atoms with Gasteiger partial charge < -0.3 is 10.1 Å². The van der Waals surface area contributed by atoms with Crippen LogP contribution in [0.2, 0.25) is 5.15 Å². The SMILES string of the molecule is Cc1cc(=O)c(O)c(Cl)[nH]1. The van der Waals surface area contributed by atoms with Gasteiger partial charge in [0.1, 0.15) is 0 Å². The Labute approximate surface area is 62.3 Å². The van der Waals surface area contributed by atoms with Crippen LogP contribution in [-0.4, -0.2) is 10.1 Å². The molecular weight excluding hydrogens is 154 g/mol. The minimum atomic E-state index is -0.457. The van der Waals surface area contributed by atoms with E-state index in [1.54, 1.807) is 6.92 Å². The van der Waals surface area contributed by atoms with Crippen molar-refractivity contribution in [2.75, 3.05) is 0 Å². The molecule has 0 unspecified atom stereocenters. The van der Waals surface area contributed by atoms with Gasteiger partial charge in [-0.05, 0) is 6.92 Å². The third-order valence-electron chi connectivity index (χ3n) is 1.10. The van der Waals surface area contributed by atoms with E-state index in [4.69, 9.17) is 16.7 Å². The molecule has 4 heteroatoms. The second kappa shape index (κ2) is 2.34. The van der Waals surface area contributed by atoms with Gasteiger partial charge in [-0.3, -0.25) is 4.79 Å². The lowest BCUT2D eigenvalue weighted by molar-refractivity contribution is 0.467. The van der Waals surface area contributed by atoms with Gasteiger partial charge in [-0.2, -0.15) is 0 Å². The Hall–Kier alpha value is -0.960. The highest BCUT2D eigenvalue weighted by Crippen LogP contribution is 2.14. The molecule has 0 atom stereocenters. The fourth-order valence-electron chi connectivity index (χ4n) is 0.642. The fourth-order valence-corrected chi connectivity index (χ4v) is 0.884. The number of aromatic nitrogens is 1. The second-order valence-corrected chi connectivity index (χ2v) is 2.36. The largest absolute Gasteiger partial charge is 0.502 e. The number of halogens is 1. The van der Waals surface area contributed by atoms with Gasteiger partial charge in [-0.1, -0.05) is 11.6 Å². The van der Waals surface area contributed by atoms with Gasteiger partial charge in [0.05, 0.1) is 0 Å². The van der Waals surface area contributed by atoms with Crippen LogP contribution in [-0.2, 0) is 0 Å². The van der Waals surface area contributed by atoms with E-state index >= 15 is 0 Å². The van der Waals surface area contributed by atoms with Crippen LogP contribution < -0.4 is 5.43 Å². The predicted octanol–water partition coefficient (Wildman–Crippen LogP) is 1.04. The first-order chi connectivity index (χ1) is 4.61. The zero-order valence-electron chi connectivity index (χ0n) is 5.31. The molecule has 0 aliphatic rings. The molecule has 1 heterocycles. The molecule has 0 aliphatic carbocycles. The van der Waals surface area contributed by atoms with Crippen molar-refractivity contribution in [2.45, 2.75) is 6.92 Å². The molecule has 0 saturated carbocycles. The maximum atomic E-state index is 10.7. The van der Waals surface area contributed by atoms with Gasteiger partial charge in [-0.15, -0.1) is 0 Å². The van der Waals surface area contributed by atoms with Crippen LogP contribution in [0.15, 0.2) is 10.9 Å². The van der Waals surface area contributed by atoms with Gasteiger partial charge >= 0.3 is 0 Å². The molecule has 0 amide bonds. The van der Waals surface area contributed by atoms with Crippen LogP contribution in [0, 0.1) is 6.92 Å². The molecule has 0 saturated heterocycles. The Morgan fingerprint density at radius 2 is 2.30 bits per heavy atom. The van der Waals surface area contributed by atoms with Crippen LogP contribution in [0.5, 0.6) is 5.75 Å². The molecule has 0 radical (unpaired) electrons. The number of hydrogen-bond acceptors (Lipinski definition) is 2. The normalized spacial score (nSPS) is 9.80. The quantitative estimate of drug-likeness (QED) is 0.556. The van der Waals surface area contributed by atoms with Crippen molar-refractivity contribution in [1.82, 2.24) is 4.98 Å². The Balaban J connectivity index is 3.46. The Morgan fingerprint density at radius 3 is 2.80 bits per heavy atom. The minimum absolute atomic E-state index is 0.00926. The van der Waals surface area contributed by atoms with Crippen molar-refractivity contribution < 1.29 is 5.11 Å². The lowest BCUT2D eigenvalue weighted by Crippen LogP contribution is -2.01. The molecule has 54 valence electrons. The van der Waals surface area contributed by atoms with Gasteiger partial charge in [0.15, 0.2) is 10.9 Å². The summed E-state index contributed by atoms with van der Waals surface area (Å²) in [6, 6.07) is 1.28. The molecule has 1 aromatic rings. The summed E-state index contributed by atoms with van der Waals surface area (Å²) in [6.45, 7) is 1.69. The number of H-pyrrole nitrogens is 1. The van der Waals surface area contributed by atoms with Crippen molar-refractivity contribution in [1.29, 1.82) is 0 Å². The average Bonchev–Trinajstić information content (AvgIpc) is 1.82. The van der Waals surface area contributed by atoms with Gasteiger partial charge in [0.25, 0.3) is 0 Å². The number of aryl methyl sites for hydroxylation is 1. The lowest BCUT2D eigenvalue weighted by Gasteiger charge is -1.95. The molecule has 2 N–H and O–H groups in total. The van der Waals surface area contributed by atoms with E-state index in [0.717, 1.165) is 0 Å². The topological polar surface area (TPSA) is 53.1 Å². The number of nitrogens with one attached hydrogen (secondary N) is 1. The van der Waals surface area contributed by atoms with Crippen LogP contribution in [0.3, 0.4) is 0 Å². The van der Waals surface area contributed by atoms with Crippen molar-refractivity contribution in [3.05, 3.63) is 27.1 Å². The Bertz CT molecular complexity index is 305. The van der Waals surface area contributed by atoms with Crippen molar-refractivity contribution in [2.24, 2.45) is 0 Å². The molecule has 0 aromatic carbocycles. The molecular formula is C6H6ClNO2. The van der Waals surface area contributed by atoms with E-state index in [0.29, 0.717) is 5.69 Å². The number of aromatic amines is 1. The van der Waals surface area contributed by atoms with E-state index in [1.807, 2.05) is 0 Å². The van der Waals surface area contributed by atoms with Gasteiger partial charge in [0, 0.05) is 11.8 Å². The molecule has 0 aliphatic heterocycles. The van der Waals surface area contributed by atoms with Crippen LogP contribution >= 0.6 is 11.6 Å². The first-order valence-electron chi connectivity index (χ1n) is 2.69. The highest BCUT2D eigenvalue weighted by atomic mass is 35.5. The van der Waals surface area contributed by atoms with E-state index in [1.165, 1.54) is 6.07 Å². The summed E-state index contributed by atoms with van der Waals surface area (Å²) in [7, 11) is 0. The molecule has 1 aromatic heterocycles. The van der Waals surface area contributed by atoms with E-state index in [2.05, 4.69) is 4.98 Å². The van der Waals surface area contributed by atoms with E-state index in [-0.39, 0.29) is 5.15 Å². The molecule has 0 fully saturated rings. The van der Waals surface area contributed by atoms with Gasteiger partial charge in [-0.25, -0.2) is 0 Å². The smallest absolute Gasteiger partial charge is 0.225 e. The first kappa shape index (κ1) is 7.15. The molecule has 10 heavy (non-hydrogen) atoms. The maximum Gasteiger partial charge on any atom is 0.225 e. The fraction of sp³-hybridized carbons (Fsp3) is 0.167. The summed E-state index contributed by atoms with van der Waals surface area (Å²) in [6.07, 6.45) is 0. The summed E-state index contributed by atoms with van der Waals surface area (Å²) in [5, 5.41) is 8.85. The molecule has 0 bridgehead atoms. The summed E-state index contributed by atoms with van der Waals surface area (Å²) in [5.41, 5.74) is 0.175. The summed E-state index contributed by atoms with van der Waals surface area (Å²) in [4.78, 5) is 13.3. The third-order valence-corrected chi connectivity index (χ3v) is 1.37. The first-order valence-corrected chi connectivity index (χ1v) is 3.07. The molecule has 3 nitrogen and oxygen atoms in total. The number of aromatic hydroxyl groups is 1. The zero-order valence-corrected chi connectivity index (χ0v) is 6.07. The highest BCUT2D eigenvalue weighted by Gasteiger charge is 2.01. The Morgan fingerprint density at radius 1 is 1.70 bits per heavy atom. The monoisotopic (exact) mass is 159 g/mol. The molecule has 0 spiro atoms. The van der Waals surface area contributed by atoms with Crippen LogP contribution in [0.4, 0.5) is 0 Å². The Kier molecular flexibility index (Phi) is 1.68. The van der Waals surface area contributed by atoms with Crippen LogP contribution in [0.1, 0.15) is 5.69 Å². The van der Waals surface area contributed by atoms with Crippen molar-refractivity contribution >= 4 is 11.6 Å². The van der Waals surface area contributed by atoms with E-state index in [9.17, 15) is 4.79 Å². The third kappa shape index (κ3) is 1.14. The standard InChI is InChI=1S/C6H6ClNO2/c1-3-2-4(9)5(10)6(7)8-3/h2,10H,1H3,(H,8,9). The predicted molar refractivity (Wildman–Crippen MR) is 38.5 cm³/mol. The average molecular weight is 160 g/mol. The molecule has 1 rings (SSSR count). The minimum Gasteiger partial charge on any atom is -0.502 e. The zero-order chi connectivity index (χ0) is 7.72. The summed E-state index contributed by atoms with van der Waals surface area (Å²) >= 11 is 5.41. The number of hydrogen-bond donors (Lipinski definition) is 2. The number of pyridine rings is 1. The maximum absolute atomic E-state index is 10.7. The highest BCUT2D eigenvalue weighted by molar-refractivity contribution is 6.30. The lowest BCUT2D eigenvalue weighted by atomic mass is 10.3. The van der Waals surface area contributed by atoms with Crippen LogP contribution in [0.25, 0.3) is 0 Å². The summed E-state index contributed by atoms with van der Waals surface area (Å²) < 4.78 is 0. The summed E-state index contributed by atoms with van der Waals surface area (Å²) in [5.74, 6) is -0.424.